The predicted molar refractivity (Wildman–Crippen MR) is 78.8 cm³/mol. The number of nitrogens with two attached hydrogens (primary N) is 1. The first-order valence-electron chi connectivity index (χ1n) is 7.31. The van der Waals surface area contributed by atoms with Gasteiger partial charge in [0.25, 0.3) is 0 Å². The quantitative estimate of drug-likeness (QED) is 0.827. The highest BCUT2D eigenvalue weighted by molar-refractivity contribution is 5.76. The molecule has 3 nitrogen and oxygen atoms in total. The van der Waals surface area contributed by atoms with Crippen LogP contribution in [0.3, 0.4) is 0 Å². The van der Waals surface area contributed by atoms with Gasteiger partial charge in [0.2, 0.25) is 5.91 Å². The Kier molecular flexibility index (Phi) is 4.83. The summed E-state index contributed by atoms with van der Waals surface area (Å²) in [6.45, 7) is 4.12. The molecule has 1 atom stereocenters. The second kappa shape index (κ2) is 6.60. The maximum Gasteiger partial charge on any atom is 0.222 e. The van der Waals surface area contributed by atoms with Gasteiger partial charge >= 0.3 is 0 Å². The normalized spacial score (nSPS) is 18.8. The topological polar surface area (TPSA) is 46.3 Å². The number of carbonyl (C=O) groups excluding carboxylic acids is 1. The standard InChI is InChI=1S/C16H24N2O/c1-2-4-14-9-10-18(12-14)16(19)8-7-13-5-3-6-15(17)11-13/h3,5-6,11,14H,2,4,7-10,12,17H2,1H3. The number of amides is 1. The molecule has 0 aromatic heterocycles. The number of aryl methyl sites for hydroxylation is 1. The minimum Gasteiger partial charge on any atom is -0.399 e. The van der Waals surface area contributed by atoms with E-state index in [1.54, 1.807) is 0 Å². The molecule has 2 rings (SSSR count). The lowest BCUT2D eigenvalue weighted by Gasteiger charge is -2.16. The largest absolute Gasteiger partial charge is 0.399 e. The highest BCUT2D eigenvalue weighted by atomic mass is 16.2. The fraction of sp³-hybridized carbons (Fsp3) is 0.562. The van der Waals surface area contributed by atoms with E-state index >= 15 is 0 Å². The zero-order chi connectivity index (χ0) is 13.7. The molecule has 0 bridgehead atoms. The molecule has 0 saturated carbocycles. The number of rotatable bonds is 5. The summed E-state index contributed by atoms with van der Waals surface area (Å²) in [7, 11) is 0. The molecule has 0 aliphatic carbocycles. The van der Waals surface area contributed by atoms with Crippen LogP contribution < -0.4 is 5.73 Å². The van der Waals surface area contributed by atoms with Crippen molar-refractivity contribution >= 4 is 11.6 Å². The summed E-state index contributed by atoms with van der Waals surface area (Å²) < 4.78 is 0. The van der Waals surface area contributed by atoms with E-state index in [-0.39, 0.29) is 0 Å². The van der Waals surface area contributed by atoms with E-state index in [0.29, 0.717) is 12.3 Å². The lowest BCUT2D eigenvalue weighted by molar-refractivity contribution is -0.130. The highest BCUT2D eigenvalue weighted by Gasteiger charge is 2.24. The van der Waals surface area contributed by atoms with Crippen LogP contribution in [0.4, 0.5) is 5.69 Å². The molecule has 1 aliphatic heterocycles. The molecule has 1 aliphatic rings. The van der Waals surface area contributed by atoms with Crippen LogP contribution in [0.5, 0.6) is 0 Å². The van der Waals surface area contributed by atoms with Crippen molar-refractivity contribution < 1.29 is 4.79 Å². The van der Waals surface area contributed by atoms with Crippen LogP contribution in [0.2, 0.25) is 0 Å². The third-order valence-electron chi connectivity index (χ3n) is 3.91. The molecular weight excluding hydrogens is 236 g/mol. The Balaban J connectivity index is 1.79. The first-order valence-corrected chi connectivity index (χ1v) is 7.31. The summed E-state index contributed by atoms with van der Waals surface area (Å²) in [6, 6.07) is 7.81. The van der Waals surface area contributed by atoms with Gasteiger partial charge in [0.15, 0.2) is 0 Å². The molecule has 1 aromatic rings. The number of likely N-dealkylation sites (tertiary alicyclic amines) is 1. The summed E-state index contributed by atoms with van der Waals surface area (Å²) >= 11 is 0. The van der Waals surface area contributed by atoms with Crippen molar-refractivity contribution in [1.82, 2.24) is 4.90 Å². The molecule has 1 amide bonds. The van der Waals surface area contributed by atoms with Gasteiger partial charge in [0.05, 0.1) is 0 Å². The summed E-state index contributed by atoms with van der Waals surface area (Å²) in [6.07, 6.45) is 5.04. The molecule has 104 valence electrons. The van der Waals surface area contributed by atoms with Crippen LogP contribution in [-0.4, -0.2) is 23.9 Å². The summed E-state index contributed by atoms with van der Waals surface area (Å²) in [5, 5.41) is 0. The van der Waals surface area contributed by atoms with Gasteiger partial charge in [-0.1, -0.05) is 25.5 Å². The summed E-state index contributed by atoms with van der Waals surface area (Å²) in [5.41, 5.74) is 7.67. The van der Waals surface area contributed by atoms with E-state index in [4.69, 9.17) is 5.73 Å². The van der Waals surface area contributed by atoms with Crippen LogP contribution in [0.1, 0.15) is 38.2 Å². The zero-order valence-corrected chi connectivity index (χ0v) is 11.8. The second-order valence-corrected chi connectivity index (χ2v) is 5.53. The zero-order valence-electron chi connectivity index (χ0n) is 11.8. The second-order valence-electron chi connectivity index (χ2n) is 5.53. The predicted octanol–water partition coefficient (Wildman–Crippen LogP) is 2.85. The van der Waals surface area contributed by atoms with Crippen LogP contribution in [0, 0.1) is 5.92 Å². The number of nitrogen functional groups attached to an aromatic ring is 1. The molecule has 0 radical (unpaired) electrons. The van der Waals surface area contributed by atoms with Crippen LogP contribution in [0.25, 0.3) is 0 Å². The van der Waals surface area contributed by atoms with Crippen LogP contribution in [-0.2, 0) is 11.2 Å². The maximum absolute atomic E-state index is 12.1. The molecular formula is C16H24N2O. The Bertz CT molecular complexity index is 431. The average molecular weight is 260 g/mol. The third kappa shape index (κ3) is 3.98. The Morgan fingerprint density at radius 3 is 3.05 bits per heavy atom. The molecule has 1 heterocycles. The number of carbonyl (C=O) groups is 1. The molecule has 0 spiro atoms. The molecule has 19 heavy (non-hydrogen) atoms. The van der Waals surface area contributed by atoms with Crippen LogP contribution in [0.15, 0.2) is 24.3 Å². The van der Waals surface area contributed by atoms with Crippen molar-refractivity contribution in [3.63, 3.8) is 0 Å². The van der Waals surface area contributed by atoms with E-state index in [0.717, 1.165) is 36.7 Å². The van der Waals surface area contributed by atoms with E-state index < -0.39 is 0 Å². The number of benzene rings is 1. The van der Waals surface area contributed by atoms with Crippen molar-refractivity contribution in [1.29, 1.82) is 0 Å². The fourth-order valence-electron chi connectivity index (χ4n) is 2.86. The van der Waals surface area contributed by atoms with E-state index in [1.165, 1.54) is 19.3 Å². The van der Waals surface area contributed by atoms with Gasteiger partial charge in [-0.2, -0.15) is 0 Å². The van der Waals surface area contributed by atoms with Crippen molar-refractivity contribution in [2.24, 2.45) is 5.92 Å². The molecule has 1 aromatic carbocycles. The Morgan fingerprint density at radius 1 is 1.47 bits per heavy atom. The minimum atomic E-state index is 0.293. The minimum absolute atomic E-state index is 0.293. The summed E-state index contributed by atoms with van der Waals surface area (Å²) in [5.74, 6) is 1.02. The fourth-order valence-corrected chi connectivity index (χ4v) is 2.86. The monoisotopic (exact) mass is 260 g/mol. The summed E-state index contributed by atoms with van der Waals surface area (Å²) in [4.78, 5) is 14.2. The van der Waals surface area contributed by atoms with E-state index in [9.17, 15) is 4.79 Å². The average Bonchev–Trinajstić information content (AvgIpc) is 2.85. The van der Waals surface area contributed by atoms with Crippen molar-refractivity contribution in [3.8, 4) is 0 Å². The Hall–Kier alpha value is -1.51. The van der Waals surface area contributed by atoms with Crippen molar-refractivity contribution in [3.05, 3.63) is 29.8 Å². The molecule has 1 saturated heterocycles. The number of nitrogens with zero attached hydrogens (tertiary/aromatic N) is 1. The van der Waals surface area contributed by atoms with Gasteiger partial charge in [0, 0.05) is 25.2 Å². The van der Waals surface area contributed by atoms with Gasteiger partial charge in [-0.15, -0.1) is 0 Å². The smallest absolute Gasteiger partial charge is 0.222 e. The Labute approximate surface area is 115 Å². The van der Waals surface area contributed by atoms with Gasteiger partial charge in [-0.25, -0.2) is 0 Å². The van der Waals surface area contributed by atoms with Crippen molar-refractivity contribution in [2.45, 2.75) is 39.0 Å². The lowest BCUT2D eigenvalue weighted by Crippen LogP contribution is -2.28. The Morgan fingerprint density at radius 2 is 2.32 bits per heavy atom. The van der Waals surface area contributed by atoms with Crippen LogP contribution >= 0.6 is 0 Å². The SMILES string of the molecule is CCCC1CCN(C(=O)CCc2cccc(N)c2)C1. The molecule has 1 unspecified atom stereocenters. The first-order chi connectivity index (χ1) is 9.19. The van der Waals surface area contributed by atoms with E-state index in [2.05, 4.69) is 6.92 Å². The van der Waals surface area contributed by atoms with Gasteiger partial charge < -0.3 is 10.6 Å². The highest BCUT2D eigenvalue weighted by Crippen LogP contribution is 2.21. The van der Waals surface area contributed by atoms with E-state index in [1.807, 2.05) is 29.2 Å². The molecule has 1 fully saturated rings. The van der Waals surface area contributed by atoms with Gasteiger partial charge in [-0.3, -0.25) is 4.79 Å². The van der Waals surface area contributed by atoms with Gasteiger partial charge in [-0.05, 0) is 42.9 Å². The number of anilines is 1. The van der Waals surface area contributed by atoms with Crippen molar-refractivity contribution in [2.75, 3.05) is 18.8 Å². The maximum atomic E-state index is 12.1. The lowest BCUT2D eigenvalue weighted by atomic mass is 10.0. The number of hydrogen-bond donors (Lipinski definition) is 1. The molecule has 3 heteroatoms. The number of hydrogen-bond acceptors (Lipinski definition) is 2. The third-order valence-corrected chi connectivity index (χ3v) is 3.91. The first kappa shape index (κ1) is 13.9. The van der Waals surface area contributed by atoms with Gasteiger partial charge in [0.1, 0.15) is 0 Å². The molecule has 2 N–H and O–H groups in total.